The van der Waals surface area contributed by atoms with Crippen LogP contribution < -0.4 is 0 Å². The van der Waals surface area contributed by atoms with Gasteiger partial charge >= 0.3 is 0 Å². The number of hydrogen-bond acceptors (Lipinski definition) is 3. The monoisotopic (exact) mass is 253 g/mol. The maximum absolute atomic E-state index is 10.4. The standard InChI is InChI=1S/C15H15N3O/c1-18-9-7-12(17-18)10-14(19)15-13-5-3-2-4-11(13)6-8-16-15/h2-9,14,19H,10H2,1H3. The molecular weight excluding hydrogens is 238 g/mol. The first-order chi connectivity index (χ1) is 9.24. The number of aryl methyl sites for hydroxylation is 1. The van der Waals surface area contributed by atoms with E-state index in [-0.39, 0.29) is 0 Å². The normalized spacial score (nSPS) is 12.7. The Kier molecular flexibility index (Phi) is 3.01. The molecule has 0 amide bonds. The summed E-state index contributed by atoms with van der Waals surface area (Å²) in [7, 11) is 1.87. The second-order valence-electron chi connectivity index (χ2n) is 4.62. The summed E-state index contributed by atoms with van der Waals surface area (Å²) in [5.41, 5.74) is 1.58. The second kappa shape index (κ2) is 4.82. The zero-order valence-corrected chi connectivity index (χ0v) is 10.7. The van der Waals surface area contributed by atoms with Crippen LogP contribution in [0.3, 0.4) is 0 Å². The first-order valence-corrected chi connectivity index (χ1v) is 6.24. The first-order valence-electron chi connectivity index (χ1n) is 6.24. The molecule has 0 spiro atoms. The van der Waals surface area contributed by atoms with E-state index in [0.29, 0.717) is 12.1 Å². The first kappa shape index (κ1) is 11.9. The topological polar surface area (TPSA) is 50.9 Å². The third kappa shape index (κ3) is 2.35. The molecule has 1 aromatic carbocycles. The van der Waals surface area contributed by atoms with E-state index in [0.717, 1.165) is 16.5 Å². The van der Waals surface area contributed by atoms with Crippen LogP contribution in [-0.2, 0) is 13.5 Å². The average Bonchev–Trinajstić information content (AvgIpc) is 2.83. The van der Waals surface area contributed by atoms with Crippen LogP contribution in [0.15, 0.2) is 48.8 Å². The summed E-state index contributed by atoms with van der Waals surface area (Å²) in [6, 6.07) is 11.8. The Bertz CT molecular complexity index is 700. The minimum Gasteiger partial charge on any atom is -0.386 e. The number of aromatic nitrogens is 3. The highest BCUT2D eigenvalue weighted by Gasteiger charge is 2.14. The van der Waals surface area contributed by atoms with E-state index in [1.165, 1.54) is 0 Å². The van der Waals surface area contributed by atoms with E-state index in [1.807, 2.05) is 49.6 Å². The summed E-state index contributed by atoms with van der Waals surface area (Å²) < 4.78 is 1.73. The summed E-state index contributed by atoms with van der Waals surface area (Å²) in [6.45, 7) is 0. The Labute approximate surface area is 111 Å². The van der Waals surface area contributed by atoms with E-state index in [4.69, 9.17) is 0 Å². The smallest absolute Gasteiger partial charge is 0.102 e. The van der Waals surface area contributed by atoms with Gasteiger partial charge in [0.05, 0.1) is 11.4 Å². The molecule has 3 aromatic rings. The third-order valence-corrected chi connectivity index (χ3v) is 3.19. The molecule has 0 saturated carbocycles. The molecule has 1 N–H and O–H groups in total. The number of pyridine rings is 1. The van der Waals surface area contributed by atoms with Gasteiger partial charge in [-0.2, -0.15) is 5.10 Å². The van der Waals surface area contributed by atoms with Crippen LogP contribution in [0.1, 0.15) is 17.5 Å². The molecule has 4 nitrogen and oxygen atoms in total. The van der Waals surface area contributed by atoms with Crippen molar-refractivity contribution in [1.29, 1.82) is 0 Å². The number of benzene rings is 1. The van der Waals surface area contributed by atoms with Gasteiger partial charge in [-0.05, 0) is 17.5 Å². The Morgan fingerprint density at radius 2 is 2.05 bits per heavy atom. The zero-order chi connectivity index (χ0) is 13.2. The third-order valence-electron chi connectivity index (χ3n) is 3.19. The summed E-state index contributed by atoms with van der Waals surface area (Å²) in [5, 5.41) is 16.7. The molecule has 4 heteroatoms. The van der Waals surface area contributed by atoms with Crippen LogP contribution in [0.5, 0.6) is 0 Å². The van der Waals surface area contributed by atoms with Crippen molar-refractivity contribution < 1.29 is 5.11 Å². The molecule has 0 aliphatic rings. The van der Waals surface area contributed by atoms with Gasteiger partial charge in [0.2, 0.25) is 0 Å². The van der Waals surface area contributed by atoms with Crippen LogP contribution >= 0.6 is 0 Å². The quantitative estimate of drug-likeness (QED) is 0.779. The van der Waals surface area contributed by atoms with Crippen molar-refractivity contribution in [2.75, 3.05) is 0 Å². The Morgan fingerprint density at radius 1 is 1.21 bits per heavy atom. The predicted molar refractivity (Wildman–Crippen MR) is 73.6 cm³/mol. The van der Waals surface area contributed by atoms with Crippen molar-refractivity contribution in [2.45, 2.75) is 12.5 Å². The molecule has 2 heterocycles. The summed E-state index contributed by atoms with van der Waals surface area (Å²) >= 11 is 0. The van der Waals surface area contributed by atoms with Gasteiger partial charge in [0, 0.05) is 31.2 Å². The zero-order valence-electron chi connectivity index (χ0n) is 10.7. The van der Waals surface area contributed by atoms with Gasteiger partial charge in [-0.15, -0.1) is 0 Å². The lowest BCUT2D eigenvalue weighted by Gasteiger charge is -2.11. The molecule has 1 atom stereocenters. The lowest BCUT2D eigenvalue weighted by Crippen LogP contribution is -2.05. The van der Waals surface area contributed by atoms with E-state index in [1.54, 1.807) is 10.9 Å². The molecule has 3 rings (SSSR count). The second-order valence-corrected chi connectivity index (χ2v) is 4.62. The molecule has 0 aliphatic heterocycles. The van der Waals surface area contributed by atoms with E-state index < -0.39 is 6.10 Å². The SMILES string of the molecule is Cn1ccc(CC(O)c2nccc3ccccc23)n1. The van der Waals surface area contributed by atoms with Crippen molar-refractivity contribution in [3.63, 3.8) is 0 Å². The van der Waals surface area contributed by atoms with Crippen LogP contribution in [0.4, 0.5) is 0 Å². The fraction of sp³-hybridized carbons (Fsp3) is 0.200. The highest BCUT2D eigenvalue weighted by Crippen LogP contribution is 2.24. The van der Waals surface area contributed by atoms with Gasteiger partial charge in [0.15, 0.2) is 0 Å². The van der Waals surface area contributed by atoms with E-state index >= 15 is 0 Å². The van der Waals surface area contributed by atoms with Crippen molar-refractivity contribution in [3.05, 3.63) is 60.2 Å². The van der Waals surface area contributed by atoms with Gasteiger partial charge in [0.1, 0.15) is 6.10 Å². The molecule has 1 unspecified atom stereocenters. The molecular formula is C15H15N3O. The van der Waals surface area contributed by atoms with Crippen molar-refractivity contribution in [2.24, 2.45) is 7.05 Å². The fourth-order valence-corrected chi connectivity index (χ4v) is 2.28. The Morgan fingerprint density at radius 3 is 2.84 bits per heavy atom. The van der Waals surface area contributed by atoms with E-state index in [2.05, 4.69) is 10.1 Å². The molecule has 0 bridgehead atoms. The highest BCUT2D eigenvalue weighted by molar-refractivity contribution is 5.84. The van der Waals surface area contributed by atoms with Gasteiger partial charge in [0.25, 0.3) is 0 Å². The lowest BCUT2D eigenvalue weighted by molar-refractivity contribution is 0.174. The Balaban J connectivity index is 1.95. The van der Waals surface area contributed by atoms with Crippen LogP contribution in [0, 0.1) is 0 Å². The molecule has 2 aromatic heterocycles. The number of rotatable bonds is 3. The molecule has 0 aliphatic carbocycles. The molecule has 0 saturated heterocycles. The van der Waals surface area contributed by atoms with Crippen molar-refractivity contribution >= 4 is 10.8 Å². The Hall–Kier alpha value is -2.20. The van der Waals surface area contributed by atoms with Crippen LogP contribution in [0.2, 0.25) is 0 Å². The molecule has 0 radical (unpaired) electrons. The minimum absolute atomic E-state index is 0.474. The number of fused-ring (bicyclic) bond motifs is 1. The predicted octanol–water partition coefficient (Wildman–Crippen LogP) is 2.24. The van der Waals surface area contributed by atoms with Gasteiger partial charge in [-0.25, -0.2) is 0 Å². The van der Waals surface area contributed by atoms with Gasteiger partial charge in [-0.3, -0.25) is 9.67 Å². The largest absolute Gasteiger partial charge is 0.386 e. The number of nitrogens with zero attached hydrogens (tertiary/aromatic N) is 3. The number of aliphatic hydroxyl groups excluding tert-OH is 1. The molecule has 19 heavy (non-hydrogen) atoms. The van der Waals surface area contributed by atoms with Crippen molar-refractivity contribution in [3.8, 4) is 0 Å². The van der Waals surface area contributed by atoms with Crippen LogP contribution in [-0.4, -0.2) is 19.9 Å². The summed E-state index contributed by atoms with van der Waals surface area (Å²) in [5.74, 6) is 0. The van der Waals surface area contributed by atoms with Gasteiger partial charge < -0.3 is 5.11 Å². The molecule has 96 valence electrons. The average molecular weight is 253 g/mol. The molecule has 0 fully saturated rings. The summed E-state index contributed by atoms with van der Waals surface area (Å²) in [6.07, 6.45) is 3.45. The fourth-order valence-electron chi connectivity index (χ4n) is 2.28. The maximum atomic E-state index is 10.4. The van der Waals surface area contributed by atoms with Gasteiger partial charge in [-0.1, -0.05) is 24.3 Å². The maximum Gasteiger partial charge on any atom is 0.102 e. The van der Waals surface area contributed by atoms with Crippen molar-refractivity contribution in [1.82, 2.24) is 14.8 Å². The van der Waals surface area contributed by atoms with Crippen LogP contribution in [0.25, 0.3) is 10.8 Å². The number of hydrogen-bond donors (Lipinski definition) is 1. The summed E-state index contributed by atoms with van der Waals surface area (Å²) in [4.78, 5) is 4.33. The number of aliphatic hydroxyl groups is 1. The lowest BCUT2D eigenvalue weighted by atomic mass is 10.0. The highest BCUT2D eigenvalue weighted by atomic mass is 16.3. The van der Waals surface area contributed by atoms with E-state index in [9.17, 15) is 5.11 Å². The minimum atomic E-state index is -0.638.